The van der Waals surface area contributed by atoms with E-state index in [4.69, 9.17) is 28.9 Å². The highest BCUT2D eigenvalue weighted by atomic mass is 35.5. The molecule has 0 aromatic heterocycles. The SMILES string of the molecule is CCCCCCN=C(CN)Cc1c(Cl)cccc1Cl. The zero-order chi connectivity index (χ0) is 14.1. The molecular weight excluding hydrogens is 279 g/mol. The molecule has 0 heterocycles. The predicted octanol–water partition coefficient (Wildman–Crippen LogP) is 4.52. The fourth-order valence-electron chi connectivity index (χ4n) is 1.87. The number of hydrogen-bond acceptors (Lipinski definition) is 2. The van der Waals surface area contributed by atoms with Crippen molar-refractivity contribution in [1.82, 2.24) is 0 Å². The number of nitrogens with zero attached hydrogens (tertiary/aromatic N) is 1. The molecule has 0 unspecified atom stereocenters. The Bertz CT molecular complexity index is 396. The molecule has 1 aromatic carbocycles. The van der Waals surface area contributed by atoms with Gasteiger partial charge in [0.25, 0.3) is 0 Å². The molecule has 0 saturated heterocycles. The van der Waals surface area contributed by atoms with Gasteiger partial charge >= 0.3 is 0 Å². The van der Waals surface area contributed by atoms with E-state index in [2.05, 4.69) is 11.9 Å². The van der Waals surface area contributed by atoms with Gasteiger partial charge < -0.3 is 5.73 Å². The van der Waals surface area contributed by atoms with Gasteiger partial charge in [0.05, 0.1) is 0 Å². The molecule has 1 aromatic rings. The largest absolute Gasteiger partial charge is 0.325 e. The van der Waals surface area contributed by atoms with Crippen molar-refractivity contribution >= 4 is 28.9 Å². The van der Waals surface area contributed by atoms with Gasteiger partial charge in [-0.05, 0) is 24.1 Å². The normalized spacial score (nSPS) is 11.9. The maximum Gasteiger partial charge on any atom is 0.0456 e. The molecule has 106 valence electrons. The Kier molecular flexibility index (Phi) is 8.11. The Labute approximate surface area is 126 Å². The molecule has 1 rings (SSSR count). The first-order chi connectivity index (χ1) is 9.19. The lowest BCUT2D eigenvalue weighted by atomic mass is 10.1. The van der Waals surface area contributed by atoms with E-state index in [9.17, 15) is 0 Å². The van der Waals surface area contributed by atoms with E-state index >= 15 is 0 Å². The highest BCUT2D eigenvalue weighted by Crippen LogP contribution is 2.24. The van der Waals surface area contributed by atoms with Crippen molar-refractivity contribution < 1.29 is 0 Å². The highest BCUT2D eigenvalue weighted by molar-refractivity contribution is 6.36. The van der Waals surface area contributed by atoms with Crippen LogP contribution in [-0.2, 0) is 6.42 Å². The van der Waals surface area contributed by atoms with Gasteiger partial charge in [0.1, 0.15) is 0 Å². The minimum Gasteiger partial charge on any atom is -0.325 e. The maximum absolute atomic E-state index is 6.15. The summed E-state index contributed by atoms with van der Waals surface area (Å²) >= 11 is 12.3. The summed E-state index contributed by atoms with van der Waals surface area (Å²) in [6.07, 6.45) is 5.49. The van der Waals surface area contributed by atoms with Gasteiger partial charge in [0.2, 0.25) is 0 Å². The lowest BCUT2D eigenvalue weighted by Gasteiger charge is -2.08. The number of benzene rings is 1. The first kappa shape index (κ1) is 16.5. The summed E-state index contributed by atoms with van der Waals surface area (Å²) in [7, 11) is 0. The summed E-state index contributed by atoms with van der Waals surface area (Å²) < 4.78 is 0. The van der Waals surface area contributed by atoms with Crippen LogP contribution in [0.5, 0.6) is 0 Å². The van der Waals surface area contributed by atoms with Crippen molar-refractivity contribution in [3.05, 3.63) is 33.8 Å². The molecule has 0 atom stereocenters. The Morgan fingerprint density at radius 1 is 1.16 bits per heavy atom. The van der Waals surface area contributed by atoms with Gasteiger partial charge in [-0.25, -0.2) is 0 Å². The summed E-state index contributed by atoms with van der Waals surface area (Å²) in [4.78, 5) is 4.57. The second-order valence-electron chi connectivity index (χ2n) is 4.59. The van der Waals surface area contributed by atoms with Gasteiger partial charge in [-0.1, -0.05) is 55.5 Å². The lowest BCUT2D eigenvalue weighted by Crippen LogP contribution is -2.17. The number of halogens is 2. The topological polar surface area (TPSA) is 38.4 Å². The summed E-state index contributed by atoms with van der Waals surface area (Å²) in [6, 6.07) is 5.54. The van der Waals surface area contributed by atoms with E-state index in [1.807, 2.05) is 18.2 Å². The van der Waals surface area contributed by atoms with Crippen LogP contribution < -0.4 is 5.73 Å². The van der Waals surface area contributed by atoms with Crippen LogP contribution in [0, 0.1) is 0 Å². The average molecular weight is 301 g/mol. The standard InChI is InChI=1S/C15H22Cl2N2/c1-2-3-4-5-9-19-12(11-18)10-13-14(16)7-6-8-15(13)17/h6-8H,2-5,9-11,18H2,1H3. The Morgan fingerprint density at radius 3 is 2.42 bits per heavy atom. The molecule has 0 aliphatic rings. The molecular formula is C15H22Cl2N2. The zero-order valence-electron chi connectivity index (χ0n) is 11.5. The Hall–Kier alpha value is -0.570. The summed E-state index contributed by atoms with van der Waals surface area (Å²) in [5.74, 6) is 0. The molecule has 0 bridgehead atoms. The van der Waals surface area contributed by atoms with Crippen LogP contribution in [-0.4, -0.2) is 18.8 Å². The van der Waals surface area contributed by atoms with Gasteiger partial charge in [-0.2, -0.15) is 0 Å². The van der Waals surface area contributed by atoms with Crippen LogP contribution in [0.1, 0.15) is 38.2 Å². The quantitative estimate of drug-likeness (QED) is 0.556. The van der Waals surface area contributed by atoms with Crippen molar-refractivity contribution in [3.63, 3.8) is 0 Å². The molecule has 0 spiro atoms. The van der Waals surface area contributed by atoms with Gasteiger partial charge in [-0.15, -0.1) is 0 Å². The first-order valence-electron chi connectivity index (χ1n) is 6.84. The lowest BCUT2D eigenvalue weighted by molar-refractivity contribution is 0.674. The third-order valence-corrected chi connectivity index (χ3v) is 3.73. The number of rotatable bonds is 8. The number of nitrogens with two attached hydrogens (primary N) is 1. The van der Waals surface area contributed by atoms with E-state index in [0.717, 1.165) is 24.2 Å². The van der Waals surface area contributed by atoms with Gasteiger partial charge in [0.15, 0.2) is 0 Å². The molecule has 0 aliphatic heterocycles. The van der Waals surface area contributed by atoms with Crippen LogP contribution in [0.3, 0.4) is 0 Å². The third kappa shape index (κ3) is 5.94. The van der Waals surface area contributed by atoms with Crippen LogP contribution in [0.2, 0.25) is 10.0 Å². The second kappa shape index (κ2) is 9.35. The van der Waals surface area contributed by atoms with E-state index in [0.29, 0.717) is 23.0 Å². The van der Waals surface area contributed by atoms with E-state index in [1.165, 1.54) is 19.3 Å². The molecule has 19 heavy (non-hydrogen) atoms. The Morgan fingerprint density at radius 2 is 1.84 bits per heavy atom. The van der Waals surface area contributed by atoms with Crippen molar-refractivity contribution in [2.45, 2.75) is 39.0 Å². The van der Waals surface area contributed by atoms with E-state index in [1.54, 1.807) is 0 Å². The van der Waals surface area contributed by atoms with Crippen LogP contribution in [0.15, 0.2) is 23.2 Å². The minimum atomic E-state index is 0.454. The molecule has 4 heteroatoms. The highest BCUT2D eigenvalue weighted by Gasteiger charge is 2.08. The Balaban J connectivity index is 2.58. The molecule has 0 radical (unpaired) electrons. The monoisotopic (exact) mass is 300 g/mol. The molecule has 0 aliphatic carbocycles. The van der Waals surface area contributed by atoms with Gasteiger partial charge in [-0.3, -0.25) is 4.99 Å². The number of aliphatic imine (C=N–C) groups is 1. The van der Waals surface area contributed by atoms with Crippen molar-refractivity contribution in [1.29, 1.82) is 0 Å². The van der Waals surface area contributed by atoms with Gasteiger partial charge in [0, 0.05) is 35.3 Å². The fourth-order valence-corrected chi connectivity index (χ4v) is 2.40. The van der Waals surface area contributed by atoms with Crippen molar-refractivity contribution in [2.24, 2.45) is 10.7 Å². The molecule has 0 saturated carbocycles. The van der Waals surface area contributed by atoms with Crippen LogP contribution in [0.25, 0.3) is 0 Å². The van der Waals surface area contributed by atoms with Crippen LogP contribution in [0.4, 0.5) is 0 Å². The van der Waals surface area contributed by atoms with E-state index in [-0.39, 0.29) is 0 Å². The maximum atomic E-state index is 6.15. The average Bonchev–Trinajstić information content (AvgIpc) is 2.40. The van der Waals surface area contributed by atoms with Crippen molar-refractivity contribution in [2.75, 3.05) is 13.1 Å². The molecule has 0 fully saturated rings. The van der Waals surface area contributed by atoms with Crippen molar-refractivity contribution in [3.8, 4) is 0 Å². The third-order valence-electron chi connectivity index (χ3n) is 3.03. The molecule has 2 nitrogen and oxygen atoms in total. The first-order valence-corrected chi connectivity index (χ1v) is 7.59. The summed E-state index contributed by atoms with van der Waals surface area (Å²) in [5, 5.41) is 1.36. The van der Waals surface area contributed by atoms with E-state index < -0.39 is 0 Å². The second-order valence-corrected chi connectivity index (χ2v) is 5.40. The fraction of sp³-hybridized carbons (Fsp3) is 0.533. The molecule has 2 N–H and O–H groups in total. The molecule has 0 amide bonds. The number of unbranched alkanes of at least 4 members (excludes halogenated alkanes) is 3. The minimum absolute atomic E-state index is 0.454. The smallest absolute Gasteiger partial charge is 0.0456 e. The summed E-state index contributed by atoms with van der Waals surface area (Å²) in [6.45, 7) is 3.50. The number of hydrogen-bond donors (Lipinski definition) is 1. The van der Waals surface area contributed by atoms with Crippen LogP contribution >= 0.6 is 23.2 Å². The predicted molar refractivity (Wildman–Crippen MR) is 85.7 cm³/mol. The summed E-state index contributed by atoms with van der Waals surface area (Å²) in [5.41, 5.74) is 7.63. The zero-order valence-corrected chi connectivity index (χ0v) is 13.0.